The molecule has 0 aliphatic carbocycles. The fourth-order valence-corrected chi connectivity index (χ4v) is 4.22. The van der Waals surface area contributed by atoms with E-state index in [9.17, 15) is 18.3 Å². The zero-order valence-corrected chi connectivity index (χ0v) is 20.3. The molecule has 0 fully saturated rings. The lowest BCUT2D eigenvalue weighted by Gasteiger charge is -2.20. The first-order valence-electron chi connectivity index (χ1n) is 10.4. The van der Waals surface area contributed by atoms with Gasteiger partial charge in [-0.25, -0.2) is 12.7 Å². The minimum Gasteiger partial charge on any atom is -0.491 e. The zero-order chi connectivity index (χ0) is 22.4. The van der Waals surface area contributed by atoms with Crippen LogP contribution in [0.5, 0.6) is 5.75 Å². The maximum Gasteiger partial charge on any atom is 0.305 e. The summed E-state index contributed by atoms with van der Waals surface area (Å²) in [5.41, 5.74) is 0. The standard InChI is InChI=1S/C21H34BrNO6S/c1-3-28-21(25)13-6-4-5-7-14-23(30(2,26)27)15-9-11-19(24)17-29-20-12-8-10-18(22)16-20/h8,10,12,16,19,24H,3-7,9,11,13-15,17H2,1-2H3. The number of hydrogen-bond donors (Lipinski definition) is 1. The van der Waals surface area contributed by atoms with Crippen LogP contribution in [0.1, 0.15) is 51.9 Å². The van der Waals surface area contributed by atoms with E-state index in [4.69, 9.17) is 9.47 Å². The molecule has 0 spiro atoms. The number of benzene rings is 1. The van der Waals surface area contributed by atoms with E-state index < -0.39 is 16.1 Å². The van der Waals surface area contributed by atoms with Crippen molar-refractivity contribution in [3.05, 3.63) is 28.7 Å². The Hall–Kier alpha value is -1.16. The van der Waals surface area contributed by atoms with Gasteiger partial charge in [-0.05, 0) is 50.8 Å². The lowest BCUT2D eigenvalue weighted by Crippen LogP contribution is -2.32. The van der Waals surface area contributed by atoms with E-state index in [-0.39, 0.29) is 12.6 Å². The lowest BCUT2D eigenvalue weighted by atomic mass is 10.1. The van der Waals surface area contributed by atoms with Crippen LogP contribution < -0.4 is 4.74 Å². The number of hydrogen-bond acceptors (Lipinski definition) is 6. The Morgan fingerprint density at radius 3 is 2.53 bits per heavy atom. The molecule has 0 saturated carbocycles. The summed E-state index contributed by atoms with van der Waals surface area (Å²) in [4.78, 5) is 11.3. The van der Waals surface area contributed by atoms with E-state index in [1.807, 2.05) is 24.3 Å². The van der Waals surface area contributed by atoms with E-state index >= 15 is 0 Å². The van der Waals surface area contributed by atoms with E-state index in [1.54, 1.807) is 6.92 Å². The van der Waals surface area contributed by atoms with Crippen molar-refractivity contribution in [3.8, 4) is 5.75 Å². The SMILES string of the molecule is CCOC(=O)CCCCCCN(CCCC(O)COc1cccc(Br)c1)S(C)(=O)=O. The van der Waals surface area contributed by atoms with E-state index in [0.29, 0.717) is 44.7 Å². The molecular formula is C21H34BrNO6S. The van der Waals surface area contributed by atoms with Gasteiger partial charge in [-0.15, -0.1) is 0 Å². The van der Waals surface area contributed by atoms with Gasteiger partial charge in [0.1, 0.15) is 12.4 Å². The average molecular weight is 508 g/mol. The summed E-state index contributed by atoms with van der Waals surface area (Å²) >= 11 is 3.37. The van der Waals surface area contributed by atoms with Crippen LogP contribution in [0.2, 0.25) is 0 Å². The number of nitrogens with zero attached hydrogens (tertiary/aromatic N) is 1. The summed E-state index contributed by atoms with van der Waals surface area (Å²) in [6, 6.07) is 7.39. The molecule has 9 heteroatoms. The number of carbonyl (C=O) groups excluding carboxylic acids is 1. The van der Waals surface area contributed by atoms with Crippen LogP contribution in [-0.2, 0) is 19.6 Å². The molecular weight excluding hydrogens is 474 g/mol. The van der Waals surface area contributed by atoms with Crippen molar-refractivity contribution in [1.82, 2.24) is 4.31 Å². The quantitative estimate of drug-likeness (QED) is 0.270. The number of carbonyl (C=O) groups is 1. The van der Waals surface area contributed by atoms with Crippen LogP contribution >= 0.6 is 15.9 Å². The van der Waals surface area contributed by atoms with Crippen molar-refractivity contribution in [2.75, 3.05) is 32.6 Å². The van der Waals surface area contributed by atoms with Crippen LogP contribution in [-0.4, -0.2) is 62.5 Å². The molecule has 1 unspecified atom stereocenters. The second-order valence-corrected chi connectivity index (χ2v) is 10.1. The van der Waals surface area contributed by atoms with Crippen molar-refractivity contribution in [2.45, 2.75) is 58.0 Å². The lowest BCUT2D eigenvalue weighted by molar-refractivity contribution is -0.143. The molecule has 0 heterocycles. The Bertz CT molecular complexity index is 728. The van der Waals surface area contributed by atoms with Crippen molar-refractivity contribution < 1.29 is 27.8 Å². The highest BCUT2D eigenvalue weighted by Gasteiger charge is 2.16. The summed E-state index contributed by atoms with van der Waals surface area (Å²) in [5.74, 6) is 0.488. The third kappa shape index (κ3) is 12.5. The summed E-state index contributed by atoms with van der Waals surface area (Å²) in [6.45, 7) is 3.16. The monoisotopic (exact) mass is 507 g/mol. The van der Waals surface area contributed by atoms with Gasteiger partial charge in [-0.2, -0.15) is 0 Å². The maximum atomic E-state index is 12.0. The van der Waals surface area contributed by atoms with E-state index in [2.05, 4.69) is 15.9 Å². The number of ether oxygens (including phenoxy) is 2. The van der Waals surface area contributed by atoms with Gasteiger partial charge in [-0.1, -0.05) is 34.8 Å². The number of halogens is 1. The van der Waals surface area contributed by atoms with Gasteiger partial charge in [0, 0.05) is 24.0 Å². The van der Waals surface area contributed by atoms with Gasteiger partial charge in [0.05, 0.1) is 19.0 Å². The molecule has 0 amide bonds. The summed E-state index contributed by atoms with van der Waals surface area (Å²) in [5, 5.41) is 10.1. The molecule has 172 valence electrons. The van der Waals surface area contributed by atoms with Crippen molar-refractivity contribution in [3.63, 3.8) is 0 Å². The number of esters is 1. The van der Waals surface area contributed by atoms with Gasteiger partial charge < -0.3 is 14.6 Å². The first-order chi connectivity index (χ1) is 14.2. The smallest absolute Gasteiger partial charge is 0.305 e. The highest BCUT2D eigenvalue weighted by atomic mass is 79.9. The molecule has 1 N–H and O–H groups in total. The second-order valence-electron chi connectivity index (χ2n) is 7.20. The Kier molecular flexibility index (Phi) is 13.2. The van der Waals surface area contributed by atoms with Crippen molar-refractivity contribution in [2.24, 2.45) is 0 Å². The van der Waals surface area contributed by atoms with Crippen LogP contribution in [0, 0.1) is 0 Å². The summed E-state index contributed by atoms with van der Waals surface area (Å²) in [6.07, 6.45) is 5.18. The number of sulfonamides is 1. The fraction of sp³-hybridized carbons (Fsp3) is 0.667. The highest BCUT2D eigenvalue weighted by Crippen LogP contribution is 2.18. The average Bonchev–Trinajstić information content (AvgIpc) is 2.67. The second kappa shape index (κ2) is 14.8. The molecule has 1 rings (SSSR count). The third-order valence-electron chi connectivity index (χ3n) is 4.50. The molecule has 1 aromatic rings. The zero-order valence-electron chi connectivity index (χ0n) is 17.9. The number of rotatable bonds is 16. The molecule has 0 aliphatic heterocycles. The van der Waals surface area contributed by atoms with Crippen LogP contribution in [0.15, 0.2) is 28.7 Å². The Morgan fingerprint density at radius 1 is 1.17 bits per heavy atom. The minimum absolute atomic E-state index is 0.162. The molecule has 1 aromatic carbocycles. The molecule has 1 atom stereocenters. The Labute approximate surface area is 188 Å². The van der Waals surface area contributed by atoms with Crippen LogP contribution in [0.25, 0.3) is 0 Å². The first-order valence-corrected chi connectivity index (χ1v) is 13.0. The number of aliphatic hydroxyl groups excluding tert-OH is 1. The van der Waals surface area contributed by atoms with Crippen LogP contribution in [0.3, 0.4) is 0 Å². The Morgan fingerprint density at radius 2 is 1.87 bits per heavy atom. The minimum atomic E-state index is -3.30. The molecule has 7 nitrogen and oxygen atoms in total. The molecule has 0 bridgehead atoms. The highest BCUT2D eigenvalue weighted by molar-refractivity contribution is 9.10. The molecule has 0 saturated heterocycles. The Balaban J connectivity index is 2.25. The molecule has 0 aliphatic rings. The molecule has 0 aromatic heterocycles. The summed E-state index contributed by atoms with van der Waals surface area (Å²) < 4.78 is 36.8. The van der Waals surface area contributed by atoms with Gasteiger partial charge >= 0.3 is 5.97 Å². The first kappa shape index (κ1) is 26.9. The third-order valence-corrected chi connectivity index (χ3v) is 6.29. The van der Waals surface area contributed by atoms with E-state index in [0.717, 1.165) is 30.2 Å². The predicted molar refractivity (Wildman–Crippen MR) is 121 cm³/mol. The fourth-order valence-electron chi connectivity index (χ4n) is 2.92. The van der Waals surface area contributed by atoms with Crippen molar-refractivity contribution >= 4 is 31.9 Å². The summed E-state index contributed by atoms with van der Waals surface area (Å²) in [7, 11) is -3.30. The predicted octanol–water partition coefficient (Wildman–Crippen LogP) is 3.74. The van der Waals surface area contributed by atoms with Crippen LogP contribution in [0.4, 0.5) is 0 Å². The van der Waals surface area contributed by atoms with Gasteiger partial charge in [-0.3, -0.25) is 4.79 Å². The van der Waals surface area contributed by atoms with E-state index in [1.165, 1.54) is 10.6 Å². The van der Waals surface area contributed by atoms with Gasteiger partial charge in [0.25, 0.3) is 0 Å². The largest absolute Gasteiger partial charge is 0.491 e. The molecule has 0 radical (unpaired) electrons. The topological polar surface area (TPSA) is 93.1 Å². The van der Waals surface area contributed by atoms with Gasteiger partial charge in [0.15, 0.2) is 0 Å². The number of aliphatic hydroxyl groups is 1. The van der Waals surface area contributed by atoms with Gasteiger partial charge in [0.2, 0.25) is 10.0 Å². The van der Waals surface area contributed by atoms with Crippen molar-refractivity contribution in [1.29, 1.82) is 0 Å². The molecule has 30 heavy (non-hydrogen) atoms. The number of unbranched alkanes of at least 4 members (excludes halogenated alkanes) is 3. The maximum absolute atomic E-state index is 12.0. The normalized spacial score (nSPS) is 12.7.